The largest absolute Gasteiger partial charge is 0.490 e. The first-order chi connectivity index (χ1) is 20.1. The number of fused-ring (bicyclic) bond motifs is 1. The van der Waals surface area contributed by atoms with Crippen molar-refractivity contribution in [1.82, 2.24) is 14.9 Å². The Morgan fingerprint density at radius 2 is 1.70 bits per heavy atom. The van der Waals surface area contributed by atoms with Gasteiger partial charge in [-0.3, -0.25) is 15.0 Å². The van der Waals surface area contributed by atoms with Crippen LogP contribution in [0.3, 0.4) is 0 Å². The molecule has 0 bridgehead atoms. The number of halogens is 3. The molecular weight excluding hydrogens is 597 g/mol. The van der Waals surface area contributed by atoms with Gasteiger partial charge in [0, 0.05) is 12.2 Å². The lowest BCUT2D eigenvalue weighted by Crippen LogP contribution is -2.60. The highest BCUT2D eigenvalue weighted by Crippen LogP contribution is 2.28. The second-order valence-corrected chi connectivity index (χ2v) is 11.5. The Bertz CT molecular complexity index is 1440. The molecule has 3 atom stereocenters. The Balaban J connectivity index is 0.000000646. The lowest BCUT2D eigenvalue weighted by atomic mass is 9.97. The van der Waals surface area contributed by atoms with Crippen LogP contribution in [0.15, 0.2) is 54.6 Å². The van der Waals surface area contributed by atoms with E-state index in [1.54, 1.807) is 54.6 Å². The second kappa shape index (κ2) is 13.8. The molecule has 2 aromatic rings. The smallest absolute Gasteiger partial charge is 0.475 e. The van der Waals surface area contributed by atoms with E-state index >= 15 is 0 Å². The van der Waals surface area contributed by atoms with Crippen LogP contribution in [0.25, 0.3) is 0 Å². The number of aliphatic hydroxyl groups is 1. The highest BCUT2D eigenvalue weighted by Gasteiger charge is 2.39. The molecule has 1 saturated heterocycles. The van der Waals surface area contributed by atoms with Crippen molar-refractivity contribution in [2.45, 2.75) is 49.5 Å². The monoisotopic (exact) mass is 628 g/mol. The predicted molar refractivity (Wildman–Crippen MR) is 148 cm³/mol. The maximum absolute atomic E-state index is 13.4. The molecule has 2 aromatic carbocycles. The van der Waals surface area contributed by atoms with Crippen LogP contribution < -0.4 is 20.7 Å². The van der Waals surface area contributed by atoms with Gasteiger partial charge in [-0.05, 0) is 36.5 Å². The first-order valence-corrected chi connectivity index (χ1v) is 14.6. The number of anilines is 1. The summed E-state index contributed by atoms with van der Waals surface area (Å²) in [5.74, 6) is -4.36. The lowest BCUT2D eigenvalue weighted by Gasteiger charge is -2.39. The van der Waals surface area contributed by atoms with E-state index in [0.717, 1.165) is 5.56 Å². The van der Waals surface area contributed by atoms with Gasteiger partial charge < -0.3 is 31.1 Å². The van der Waals surface area contributed by atoms with Gasteiger partial charge in [-0.25, -0.2) is 17.9 Å². The number of nitrogens with two attached hydrogens (primary N) is 1. The van der Waals surface area contributed by atoms with Crippen molar-refractivity contribution >= 4 is 39.5 Å². The molecule has 1 fully saturated rings. The molecule has 2 unspecified atom stereocenters. The molecule has 43 heavy (non-hydrogen) atoms. The minimum absolute atomic E-state index is 0.163. The number of alkyl halides is 3. The number of hydrogen-bond donors (Lipinski definition) is 6. The number of nitrogens with zero attached hydrogens (tertiary/aromatic N) is 2. The number of carbonyl (C=O) groups excluding carboxylic acids is 2. The molecule has 13 nitrogen and oxygen atoms in total. The van der Waals surface area contributed by atoms with E-state index < -0.39 is 52.3 Å². The molecule has 2 aliphatic rings. The van der Waals surface area contributed by atoms with E-state index in [1.165, 1.54) is 9.80 Å². The van der Waals surface area contributed by atoms with Crippen LogP contribution in [0.2, 0.25) is 0 Å². The van der Waals surface area contributed by atoms with Gasteiger partial charge in [0.25, 0.3) is 0 Å². The van der Waals surface area contributed by atoms with Crippen LogP contribution >= 0.6 is 0 Å². The van der Waals surface area contributed by atoms with Crippen LogP contribution in [-0.4, -0.2) is 84.9 Å². The summed E-state index contributed by atoms with van der Waals surface area (Å²) in [6, 6.07) is 14.0. The third kappa shape index (κ3) is 9.13. The van der Waals surface area contributed by atoms with E-state index in [4.69, 9.17) is 21.0 Å². The number of para-hydroxylation sites is 1. The normalized spacial score (nSPS) is 20.4. The predicted octanol–water partition coefficient (Wildman–Crippen LogP) is 0.490. The maximum Gasteiger partial charge on any atom is 0.490 e. The molecule has 17 heteroatoms. The number of sulfonamides is 1. The first kappa shape index (κ1) is 33.3. The molecule has 0 radical (unpaired) electrons. The van der Waals surface area contributed by atoms with Gasteiger partial charge in [-0.1, -0.05) is 48.5 Å². The number of rotatable bonds is 7. The number of carboxylic acid groups (broad SMARTS) is 1. The molecule has 0 aliphatic carbocycles. The number of guanidine groups is 1. The van der Waals surface area contributed by atoms with Crippen molar-refractivity contribution in [3.05, 3.63) is 65.7 Å². The van der Waals surface area contributed by atoms with E-state index in [0.29, 0.717) is 30.6 Å². The first-order valence-electron chi connectivity index (χ1n) is 12.9. The fourth-order valence-electron chi connectivity index (χ4n) is 4.65. The third-order valence-corrected chi connectivity index (χ3v) is 7.94. The van der Waals surface area contributed by atoms with Gasteiger partial charge in [0.2, 0.25) is 21.8 Å². The minimum atomic E-state index is -5.08. The van der Waals surface area contributed by atoms with Crippen LogP contribution in [0.5, 0.6) is 0 Å². The number of benzene rings is 2. The molecule has 0 saturated carbocycles. The van der Waals surface area contributed by atoms with Gasteiger partial charge in [-0.2, -0.15) is 13.2 Å². The topological polar surface area (TPSA) is 206 Å². The van der Waals surface area contributed by atoms with E-state index in [-0.39, 0.29) is 24.7 Å². The van der Waals surface area contributed by atoms with Crippen LogP contribution in [-0.2, 0) is 36.6 Å². The SMILES string of the molecule is N=C(N)N1CCC[C@H](NC(=O)CN2C(=O)C(NS(=O)(=O)Cc3ccccc3)Cc3ccccc32)C1O.O=C(O)C(F)(F)F. The van der Waals surface area contributed by atoms with Crippen molar-refractivity contribution in [2.75, 3.05) is 18.0 Å². The molecule has 2 heterocycles. The van der Waals surface area contributed by atoms with Crippen molar-refractivity contribution in [3.8, 4) is 0 Å². The van der Waals surface area contributed by atoms with Gasteiger partial charge in [0.15, 0.2) is 5.96 Å². The zero-order valence-corrected chi connectivity index (χ0v) is 23.4. The van der Waals surface area contributed by atoms with Crippen molar-refractivity contribution in [1.29, 1.82) is 5.41 Å². The number of nitrogens with one attached hydrogen (secondary N) is 3. The number of likely N-dealkylation sites (tertiary alicyclic amines) is 1. The standard InChI is InChI=1S/C24H30N6O5S.C2HF3O2/c25-24(26)29-12-6-10-18(22(29)32)27-21(31)14-30-20-11-5-4-9-17(20)13-19(23(30)33)28-36(34,35)15-16-7-2-1-3-8-16;3-2(4,5)1(6)7/h1-5,7-9,11,18-19,22,28,32H,6,10,12-15H2,(H3,25,26)(H,27,31);(H,6,7)/t18-,19?,22?;/m0./s1. The summed E-state index contributed by atoms with van der Waals surface area (Å²) in [6.07, 6.45) is -4.96. The number of aliphatic hydroxyl groups excluding tert-OH is 1. The molecule has 0 aromatic heterocycles. The quantitative estimate of drug-likeness (QED) is 0.186. The number of aliphatic carboxylic acids is 1. The Labute approximate surface area is 245 Å². The van der Waals surface area contributed by atoms with E-state index in [1.807, 2.05) is 0 Å². The summed E-state index contributed by atoms with van der Waals surface area (Å²) in [7, 11) is -3.83. The zero-order chi connectivity index (χ0) is 31.9. The maximum atomic E-state index is 13.4. The summed E-state index contributed by atoms with van der Waals surface area (Å²) in [5.41, 5.74) is 7.37. The second-order valence-electron chi connectivity index (χ2n) is 9.78. The molecule has 4 rings (SSSR count). The minimum Gasteiger partial charge on any atom is -0.475 e. The Kier molecular flexibility index (Phi) is 10.7. The molecular formula is C26H31F3N6O7S. The fraction of sp³-hybridized carbons (Fsp3) is 0.385. The van der Waals surface area contributed by atoms with Crippen LogP contribution in [0.4, 0.5) is 18.9 Å². The molecule has 7 N–H and O–H groups in total. The summed E-state index contributed by atoms with van der Waals surface area (Å²) >= 11 is 0. The van der Waals surface area contributed by atoms with Gasteiger partial charge >= 0.3 is 12.1 Å². The van der Waals surface area contributed by atoms with E-state index in [9.17, 15) is 36.3 Å². The third-order valence-electron chi connectivity index (χ3n) is 6.59. The number of piperidine rings is 1. The zero-order valence-electron chi connectivity index (χ0n) is 22.6. The highest BCUT2D eigenvalue weighted by molar-refractivity contribution is 7.88. The molecule has 2 aliphatic heterocycles. The van der Waals surface area contributed by atoms with Crippen LogP contribution in [0.1, 0.15) is 24.0 Å². The summed E-state index contributed by atoms with van der Waals surface area (Å²) in [6.45, 7) is 0.0573. The summed E-state index contributed by atoms with van der Waals surface area (Å²) in [4.78, 5) is 37.8. The summed E-state index contributed by atoms with van der Waals surface area (Å²) in [5, 5.41) is 27.9. The van der Waals surface area contributed by atoms with Crippen LogP contribution in [0, 0.1) is 5.41 Å². The molecule has 0 spiro atoms. The lowest BCUT2D eigenvalue weighted by molar-refractivity contribution is -0.192. The number of hydrogen-bond acceptors (Lipinski definition) is 7. The van der Waals surface area contributed by atoms with Crippen molar-refractivity contribution < 1.29 is 46.2 Å². The Hall–Kier alpha value is -4.22. The van der Waals surface area contributed by atoms with Crippen molar-refractivity contribution in [3.63, 3.8) is 0 Å². The Morgan fingerprint density at radius 3 is 2.30 bits per heavy atom. The van der Waals surface area contributed by atoms with Gasteiger partial charge in [0.1, 0.15) is 18.8 Å². The Morgan fingerprint density at radius 1 is 1.09 bits per heavy atom. The summed E-state index contributed by atoms with van der Waals surface area (Å²) < 4.78 is 59.9. The van der Waals surface area contributed by atoms with E-state index in [2.05, 4.69) is 10.0 Å². The average Bonchev–Trinajstić information content (AvgIpc) is 2.92. The highest BCUT2D eigenvalue weighted by atomic mass is 32.2. The number of carbonyl (C=O) groups is 3. The van der Waals surface area contributed by atoms with Crippen molar-refractivity contribution in [2.24, 2.45) is 5.73 Å². The molecule has 234 valence electrons. The number of amides is 2. The number of carboxylic acids is 1. The molecule has 2 amide bonds. The average molecular weight is 629 g/mol. The van der Waals surface area contributed by atoms with Gasteiger partial charge in [-0.15, -0.1) is 0 Å². The van der Waals surface area contributed by atoms with Gasteiger partial charge in [0.05, 0.1) is 11.8 Å². The fourth-order valence-corrected chi connectivity index (χ4v) is 5.99.